The molecular weight excluding hydrogens is 274 g/mol. The Labute approximate surface area is 123 Å². The van der Waals surface area contributed by atoms with E-state index in [0.29, 0.717) is 24.4 Å². The first-order chi connectivity index (χ1) is 10.1. The maximum atomic E-state index is 12.3. The number of methoxy groups -OCH3 is 1. The van der Waals surface area contributed by atoms with Crippen molar-refractivity contribution in [1.82, 2.24) is 4.90 Å². The Morgan fingerprint density at radius 3 is 2.76 bits per heavy atom. The van der Waals surface area contributed by atoms with E-state index in [1.807, 2.05) is 0 Å². The van der Waals surface area contributed by atoms with Crippen LogP contribution >= 0.6 is 0 Å². The van der Waals surface area contributed by atoms with Crippen LogP contribution in [0.25, 0.3) is 0 Å². The molecule has 1 saturated heterocycles. The number of benzene rings is 1. The number of carbonyl (C=O) groups excluding carboxylic acids is 1. The molecule has 0 saturated carbocycles. The van der Waals surface area contributed by atoms with Gasteiger partial charge in [0.15, 0.2) is 0 Å². The number of ether oxygens (including phenoxy) is 1. The Morgan fingerprint density at radius 2 is 2.14 bits per heavy atom. The smallest absolute Gasteiger partial charge is 0.293 e. The molecule has 21 heavy (non-hydrogen) atoms. The Kier molecular flexibility index (Phi) is 5.10. The number of rotatable bonds is 6. The monoisotopic (exact) mass is 293 g/mol. The average molecular weight is 293 g/mol. The average Bonchev–Trinajstić information content (AvgIpc) is 3.01. The molecular formula is C14H19N3O4. The second kappa shape index (κ2) is 7.03. The SMILES string of the molecule is COCCNc1ccc(C(=O)N2CCCC2)cc1[N+](=O)[O-]. The van der Waals surface area contributed by atoms with Gasteiger partial charge in [0.05, 0.1) is 11.5 Å². The first-order valence-corrected chi connectivity index (χ1v) is 6.94. The molecule has 0 aliphatic carbocycles. The Hall–Kier alpha value is -2.15. The molecule has 0 unspecified atom stereocenters. The third kappa shape index (κ3) is 3.69. The summed E-state index contributed by atoms with van der Waals surface area (Å²) in [5, 5.41) is 14.1. The van der Waals surface area contributed by atoms with Gasteiger partial charge < -0.3 is 15.0 Å². The molecule has 0 radical (unpaired) electrons. The van der Waals surface area contributed by atoms with Gasteiger partial charge in [0.2, 0.25) is 0 Å². The fourth-order valence-electron chi connectivity index (χ4n) is 2.36. The zero-order chi connectivity index (χ0) is 15.2. The van der Waals surface area contributed by atoms with Crippen LogP contribution in [0.5, 0.6) is 0 Å². The van der Waals surface area contributed by atoms with Gasteiger partial charge in [0, 0.05) is 38.4 Å². The minimum atomic E-state index is -0.476. The van der Waals surface area contributed by atoms with Crippen molar-refractivity contribution < 1.29 is 14.5 Å². The molecule has 0 atom stereocenters. The number of nitrogens with zero attached hydrogens (tertiary/aromatic N) is 2. The van der Waals surface area contributed by atoms with Crippen LogP contribution in [0, 0.1) is 10.1 Å². The van der Waals surface area contributed by atoms with E-state index in [0.717, 1.165) is 25.9 Å². The maximum Gasteiger partial charge on any atom is 0.293 e. The largest absolute Gasteiger partial charge is 0.383 e. The number of hydrogen-bond acceptors (Lipinski definition) is 5. The summed E-state index contributed by atoms with van der Waals surface area (Å²) in [6.45, 7) is 2.36. The van der Waals surface area contributed by atoms with E-state index in [1.54, 1.807) is 24.1 Å². The van der Waals surface area contributed by atoms with Crippen LogP contribution in [-0.2, 0) is 4.74 Å². The molecule has 0 spiro atoms. The summed E-state index contributed by atoms with van der Waals surface area (Å²) in [5.74, 6) is -0.140. The zero-order valence-corrected chi connectivity index (χ0v) is 12.0. The topological polar surface area (TPSA) is 84.7 Å². The molecule has 1 aliphatic rings. The molecule has 1 aromatic rings. The minimum absolute atomic E-state index is 0.0869. The van der Waals surface area contributed by atoms with Crippen molar-refractivity contribution in [2.75, 3.05) is 38.7 Å². The normalized spacial score (nSPS) is 14.2. The van der Waals surface area contributed by atoms with Crippen LogP contribution in [-0.4, -0.2) is 49.1 Å². The van der Waals surface area contributed by atoms with Crippen LogP contribution in [0.3, 0.4) is 0 Å². The first kappa shape index (κ1) is 15.2. The number of carbonyl (C=O) groups is 1. The number of anilines is 1. The Balaban J connectivity index is 2.18. The summed E-state index contributed by atoms with van der Waals surface area (Å²) in [7, 11) is 1.56. The van der Waals surface area contributed by atoms with E-state index < -0.39 is 4.92 Å². The van der Waals surface area contributed by atoms with Crippen LogP contribution in [0.1, 0.15) is 23.2 Å². The lowest BCUT2D eigenvalue weighted by Gasteiger charge is -2.15. The fraction of sp³-hybridized carbons (Fsp3) is 0.500. The highest BCUT2D eigenvalue weighted by atomic mass is 16.6. The van der Waals surface area contributed by atoms with E-state index in [4.69, 9.17) is 4.74 Å². The zero-order valence-electron chi connectivity index (χ0n) is 12.0. The van der Waals surface area contributed by atoms with Gasteiger partial charge in [-0.25, -0.2) is 0 Å². The number of nitrogens with one attached hydrogen (secondary N) is 1. The van der Waals surface area contributed by atoms with Gasteiger partial charge in [-0.2, -0.15) is 0 Å². The standard InChI is InChI=1S/C14H19N3O4/c1-21-9-6-15-12-5-4-11(10-13(12)17(19)20)14(18)16-7-2-3-8-16/h4-5,10,15H,2-3,6-9H2,1H3. The third-order valence-corrected chi connectivity index (χ3v) is 3.46. The van der Waals surface area contributed by atoms with Gasteiger partial charge in [0.25, 0.3) is 11.6 Å². The third-order valence-electron chi connectivity index (χ3n) is 3.46. The lowest BCUT2D eigenvalue weighted by Crippen LogP contribution is -2.27. The van der Waals surface area contributed by atoms with E-state index in [1.165, 1.54) is 6.07 Å². The van der Waals surface area contributed by atoms with Gasteiger partial charge >= 0.3 is 0 Å². The first-order valence-electron chi connectivity index (χ1n) is 6.94. The summed E-state index contributed by atoms with van der Waals surface area (Å²) in [6, 6.07) is 4.55. The number of nitro groups is 1. The summed E-state index contributed by atoms with van der Waals surface area (Å²) < 4.78 is 4.90. The van der Waals surface area contributed by atoms with Crippen LogP contribution < -0.4 is 5.32 Å². The number of hydrogen-bond donors (Lipinski definition) is 1. The predicted molar refractivity (Wildman–Crippen MR) is 78.6 cm³/mol. The van der Waals surface area contributed by atoms with E-state index in [2.05, 4.69) is 5.32 Å². The predicted octanol–water partition coefficient (Wildman–Crippen LogP) is 1.89. The molecule has 1 aromatic carbocycles. The van der Waals surface area contributed by atoms with Crippen LogP contribution in [0.2, 0.25) is 0 Å². The second-order valence-corrected chi connectivity index (χ2v) is 4.91. The highest BCUT2D eigenvalue weighted by molar-refractivity contribution is 5.95. The highest BCUT2D eigenvalue weighted by Crippen LogP contribution is 2.26. The molecule has 0 bridgehead atoms. The lowest BCUT2D eigenvalue weighted by atomic mass is 10.1. The van der Waals surface area contributed by atoms with Gasteiger partial charge in [-0.1, -0.05) is 0 Å². The molecule has 1 aliphatic heterocycles. The molecule has 7 nitrogen and oxygen atoms in total. The summed E-state index contributed by atoms with van der Waals surface area (Å²) in [6.07, 6.45) is 1.98. The van der Waals surface area contributed by atoms with Crippen molar-refractivity contribution in [2.24, 2.45) is 0 Å². The molecule has 7 heteroatoms. The quantitative estimate of drug-likeness (QED) is 0.492. The number of amides is 1. The summed E-state index contributed by atoms with van der Waals surface area (Å²) in [4.78, 5) is 24.7. The molecule has 0 aromatic heterocycles. The van der Waals surface area contributed by atoms with Gasteiger partial charge in [-0.15, -0.1) is 0 Å². The second-order valence-electron chi connectivity index (χ2n) is 4.91. The molecule has 2 rings (SSSR count). The summed E-state index contributed by atoms with van der Waals surface area (Å²) in [5.41, 5.74) is 0.673. The lowest BCUT2D eigenvalue weighted by molar-refractivity contribution is -0.384. The number of likely N-dealkylation sites (tertiary alicyclic amines) is 1. The Morgan fingerprint density at radius 1 is 1.43 bits per heavy atom. The molecule has 114 valence electrons. The van der Waals surface area contributed by atoms with Crippen molar-refractivity contribution >= 4 is 17.3 Å². The Bertz CT molecular complexity index is 527. The number of nitro benzene ring substituents is 1. The molecule has 1 heterocycles. The van der Waals surface area contributed by atoms with Gasteiger partial charge in [-0.3, -0.25) is 14.9 Å². The van der Waals surface area contributed by atoms with Crippen molar-refractivity contribution in [3.8, 4) is 0 Å². The van der Waals surface area contributed by atoms with Crippen molar-refractivity contribution in [1.29, 1.82) is 0 Å². The van der Waals surface area contributed by atoms with Crippen LogP contribution in [0.4, 0.5) is 11.4 Å². The molecule has 1 amide bonds. The van der Waals surface area contributed by atoms with Gasteiger partial charge in [-0.05, 0) is 25.0 Å². The summed E-state index contributed by atoms with van der Waals surface area (Å²) >= 11 is 0. The fourth-order valence-corrected chi connectivity index (χ4v) is 2.36. The van der Waals surface area contributed by atoms with E-state index >= 15 is 0 Å². The van der Waals surface area contributed by atoms with Crippen LogP contribution in [0.15, 0.2) is 18.2 Å². The van der Waals surface area contributed by atoms with E-state index in [9.17, 15) is 14.9 Å². The minimum Gasteiger partial charge on any atom is -0.383 e. The van der Waals surface area contributed by atoms with E-state index in [-0.39, 0.29) is 11.6 Å². The maximum absolute atomic E-state index is 12.3. The van der Waals surface area contributed by atoms with Crippen molar-refractivity contribution in [3.05, 3.63) is 33.9 Å². The molecule has 1 fully saturated rings. The van der Waals surface area contributed by atoms with Gasteiger partial charge in [0.1, 0.15) is 5.69 Å². The molecule has 1 N–H and O–H groups in total. The van der Waals surface area contributed by atoms with Crippen molar-refractivity contribution in [3.63, 3.8) is 0 Å². The highest BCUT2D eigenvalue weighted by Gasteiger charge is 2.23. The van der Waals surface area contributed by atoms with Crippen molar-refractivity contribution in [2.45, 2.75) is 12.8 Å².